The van der Waals surface area contributed by atoms with Crippen LogP contribution < -0.4 is 0 Å². The molecule has 1 aliphatic rings. The van der Waals surface area contributed by atoms with Gasteiger partial charge in [0.25, 0.3) is 0 Å². The molecule has 1 amide bonds. The van der Waals surface area contributed by atoms with Crippen molar-refractivity contribution < 1.29 is 14.6 Å². The summed E-state index contributed by atoms with van der Waals surface area (Å²) in [6, 6.07) is 0. The molecule has 104 valence electrons. The van der Waals surface area contributed by atoms with Crippen LogP contribution in [-0.2, 0) is 4.74 Å². The molecule has 4 heteroatoms. The molecule has 4 nitrogen and oxygen atoms in total. The summed E-state index contributed by atoms with van der Waals surface area (Å²) in [5.74, 6) is 0. The lowest BCUT2D eigenvalue weighted by Gasteiger charge is -2.39. The zero-order valence-electron chi connectivity index (χ0n) is 12.1. The van der Waals surface area contributed by atoms with Crippen LogP contribution in [-0.4, -0.2) is 41.4 Å². The number of carbonyl (C=O) groups excluding carboxylic acids is 1. The van der Waals surface area contributed by atoms with Crippen molar-refractivity contribution in [2.45, 2.75) is 46.6 Å². The highest BCUT2D eigenvalue weighted by atomic mass is 16.6. The van der Waals surface area contributed by atoms with E-state index in [1.807, 2.05) is 26.8 Å². The number of rotatable bonds is 2. The number of aliphatic hydroxyl groups is 1. The fourth-order valence-electron chi connectivity index (χ4n) is 2.17. The zero-order chi connectivity index (χ0) is 14.0. The fourth-order valence-corrected chi connectivity index (χ4v) is 2.17. The highest BCUT2D eigenvalue weighted by molar-refractivity contribution is 5.68. The lowest BCUT2D eigenvalue weighted by molar-refractivity contribution is 0.0201. The molecule has 0 aromatic rings. The molecule has 0 saturated heterocycles. The molecule has 0 aromatic heterocycles. The molecule has 0 fully saturated rings. The first-order chi connectivity index (χ1) is 8.15. The van der Waals surface area contributed by atoms with Gasteiger partial charge in [-0.3, -0.25) is 0 Å². The van der Waals surface area contributed by atoms with Gasteiger partial charge in [-0.15, -0.1) is 0 Å². The second kappa shape index (κ2) is 5.31. The van der Waals surface area contributed by atoms with Crippen LogP contribution in [0.15, 0.2) is 11.6 Å². The molecule has 0 radical (unpaired) electrons. The third kappa shape index (κ3) is 4.02. The first kappa shape index (κ1) is 15.0. The van der Waals surface area contributed by atoms with E-state index in [1.165, 1.54) is 5.57 Å². The molecule has 0 saturated carbocycles. The quantitative estimate of drug-likeness (QED) is 0.771. The monoisotopic (exact) mass is 255 g/mol. The molecule has 1 rings (SSSR count). The van der Waals surface area contributed by atoms with E-state index in [4.69, 9.17) is 9.84 Å². The number of hydrogen-bond donors (Lipinski definition) is 1. The highest BCUT2D eigenvalue weighted by Crippen LogP contribution is 2.33. The fraction of sp³-hybridized carbons (Fsp3) is 0.786. The van der Waals surface area contributed by atoms with Gasteiger partial charge in [-0.2, -0.15) is 0 Å². The summed E-state index contributed by atoms with van der Waals surface area (Å²) in [4.78, 5) is 13.7. The maximum Gasteiger partial charge on any atom is 0.410 e. The summed E-state index contributed by atoms with van der Waals surface area (Å²) in [5.41, 5.74) is 0.651. The van der Waals surface area contributed by atoms with E-state index in [-0.39, 0.29) is 18.1 Å². The third-order valence-electron chi connectivity index (χ3n) is 3.05. The Balaban J connectivity index is 2.72. The minimum atomic E-state index is -0.462. The molecule has 0 unspecified atom stereocenters. The minimum Gasteiger partial charge on any atom is -0.444 e. The van der Waals surface area contributed by atoms with Crippen LogP contribution in [0, 0.1) is 5.41 Å². The van der Waals surface area contributed by atoms with Gasteiger partial charge in [0.1, 0.15) is 5.60 Å². The van der Waals surface area contributed by atoms with Gasteiger partial charge < -0.3 is 14.7 Å². The van der Waals surface area contributed by atoms with E-state index in [9.17, 15) is 4.79 Å². The summed E-state index contributed by atoms with van der Waals surface area (Å²) in [6.45, 7) is 11.1. The van der Waals surface area contributed by atoms with E-state index in [0.29, 0.717) is 19.5 Å². The Bertz CT molecular complexity index is 339. The van der Waals surface area contributed by atoms with Crippen molar-refractivity contribution in [3.05, 3.63) is 11.6 Å². The Labute approximate surface area is 110 Å². The first-order valence-electron chi connectivity index (χ1n) is 6.44. The second-order valence-electron chi connectivity index (χ2n) is 6.45. The van der Waals surface area contributed by atoms with Crippen molar-refractivity contribution in [2.75, 3.05) is 19.7 Å². The van der Waals surface area contributed by atoms with Crippen LogP contribution in [0.5, 0.6) is 0 Å². The number of hydrogen-bond acceptors (Lipinski definition) is 3. The number of amides is 1. The van der Waals surface area contributed by atoms with E-state index < -0.39 is 5.60 Å². The van der Waals surface area contributed by atoms with Crippen molar-refractivity contribution in [3.63, 3.8) is 0 Å². The molecule has 0 aliphatic carbocycles. The number of ether oxygens (including phenoxy) is 1. The number of nitrogens with zero attached hydrogens (tertiary/aromatic N) is 1. The predicted molar refractivity (Wildman–Crippen MR) is 71.4 cm³/mol. The summed E-state index contributed by atoms with van der Waals surface area (Å²) in [7, 11) is 0. The molecular formula is C14H25NO3. The Morgan fingerprint density at radius 2 is 2.11 bits per heavy atom. The Kier molecular flexibility index (Phi) is 4.43. The van der Waals surface area contributed by atoms with Gasteiger partial charge in [0.15, 0.2) is 0 Å². The Hall–Kier alpha value is -1.03. The van der Waals surface area contributed by atoms with Gasteiger partial charge in [0.2, 0.25) is 0 Å². The maximum absolute atomic E-state index is 12.0. The molecule has 0 bridgehead atoms. The Morgan fingerprint density at radius 1 is 1.50 bits per heavy atom. The molecule has 1 heterocycles. The van der Waals surface area contributed by atoms with Crippen LogP contribution in [0.1, 0.15) is 41.0 Å². The standard InChI is InChI=1S/C14H25NO3/c1-13(2,3)18-12(17)15-8-6-11(7-9-16)14(4,5)10-15/h6,16H,7-10H2,1-5H3. The van der Waals surface area contributed by atoms with Gasteiger partial charge in [0.05, 0.1) is 0 Å². The third-order valence-corrected chi connectivity index (χ3v) is 3.05. The molecule has 18 heavy (non-hydrogen) atoms. The molecular weight excluding hydrogens is 230 g/mol. The number of aliphatic hydroxyl groups excluding tert-OH is 1. The maximum atomic E-state index is 12.0. The van der Waals surface area contributed by atoms with Gasteiger partial charge in [-0.25, -0.2) is 4.79 Å². The lowest BCUT2D eigenvalue weighted by Crippen LogP contribution is -2.45. The summed E-state index contributed by atoms with van der Waals surface area (Å²) in [6.07, 6.45) is 2.44. The molecule has 1 aliphatic heterocycles. The predicted octanol–water partition coefficient (Wildman–Crippen LogP) is 2.57. The largest absolute Gasteiger partial charge is 0.444 e. The van der Waals surface area contributed by atoms with Gasteiger partial charge in [-0.1, -0.05) is 25.5 Å². The summed E-state index contributed by atoms with van der Waals surface area (Å²) >= 11 is 0. The van der Waals surface area contributed by atoms with Crippen molar-refractivity contribution in [1.29, 1.82) is 0 Å². The second-order valence-corrected chi connectivity index (χ2v) is 6.45. The van der Waals surface area contributed by atoms with Crippen molar-refractivity contribution >= 4 is 6.09 Å². The summed E-state index contributed by atoms with van der Waals surface area (Å²) in [5, 5.41) is 9.03. The highest BCUT2D eigenvalue weighted by Gasteiger charge is 2.33. The van der Waals surface area contributed by atoms with E-state index in [2.05, 4.69) is 13.8 Å². The zero-order valence-corrected chi connectivity index (χ0v) is 12.1. The molecule has 0 aromatic carbocycles. The average Bonchev–Trinajstić information content (AvgIpc) is 2.18. The summed E-state index contributed by atoms with van der Waals surface area (Å²) < 4.78 is 5.37. The van der Waals surface area contributed by atoms with Crippen molar-refractivity contribution in [2.24, 2.45) is 5.41 Å². The SMILES string of the molecule is CC(C)(C)OC(=O)N1CC=C(CCO)C(C)(C)C1. The Morgan fingerprint density at radius 3 is 2.56 bits per heavy atom. The lowest BCUT2D eigenvalue weighted by atomic mass is 9.79. The van der Waals surface area contributed by atoms with Crippen LogP contribution in [0.25, 0.3) is 0 Å². The normalized spacial score (nSPS) is 19.4. The smallest absolute Gasteiger partial charge is 0.410 e. The van der Waals surface area contributed by atoms with Crippen molar-refractivity contribution in [1.82, 2.24) is 4.90 Å². The van der Waals surface area contributed by atoms with E-state index >= 15 is 0 Å². The van der Waals surface area contributed by atoms with Crippen molar-refractivity contribution in [3.8, 4) is 0 Å². The molecule has 1 N–H and O–H groups in total. The topological polar surface area (TPSA) is 49.8 Å². The first-order valence-corrected chi connectivity index (χ1v) is 6.44. The van der Waals surface area contributed by atoms with Crippen LogP contribution >= 0.6 is 0 Å². The van der Waals surface area contributed by atoms with Gasteiger partial charge in [0, 0.05) is 25.1 Å². The minimum absolute atomic E-state index is 0.0993. The van der Waals surface area contributed by atoms with E-state index in [0.717, 1.165) is 0 Å². The molecule has 0 spiro atoms. The van der Waals surface area contributed by atoms with E-state index in [1.54, 1.807) is 4.90 Å². The van der Waals surface area contributed by atoms with Crippen LogP contribution in [0.3, 0.4) is 0 Å². The van der Waals surface area contributed by atoms with Gasteiger partial charge in [-0.05, 0) is 27.2 Å². The number of carbonyl (C=O) groups is 1. The molecule has 0 atom stereocenters. The van der Waals surface area contributed by atoms with Gasteiger partial charge >= 0.3 is 6.09 Å². The average molecular weight is 255 g/mol. The van der Waals surface area contributed by atoms with Crippen LogP contribution in [0.4, 0.5) is 4.79 Å². The van der Waals surface area contributed by atoms with Crippen LogP contribution in [0.2, 0.25) is 0 Å².